The van der Waals surface area contributed by atoms with E-state index in [1.54, 1.807) is 0 Å². The molecule has 0 spiro atoms. The molecule has 19 heavy (non-hydrogen) atoms. The van der Waals surface area contributed by atoms with Gasteiger partial charge in [-0.05, 0) is 23.6 Å². The zero-order valence-corrected chi connectivity index (χ0v) is 10.6. The average Bonchev–Trinajstić information content (AvgIpc) is 2.70. The molecule has 0 unspecified atom stereocenters. The van der Waals surface area contributed by atoms with Crippen molar-refractivity contribution in [1.82, 2.24) is 5.32 Å². The van der Waals surface area contributed by atoms with Crippen molar-refractivity contribution in [2.45, 2.75) is 25.3 Å². The molecule has 0 aromatic heterocycles. The molecule has 6 heteroatoms. The van der Waals surface area contributed by atoms with Crippen LogP contribution in [0.3, 0.4) is 0 Å². The molecule has 0 bridgehead atoms. The molecule has 1 heterocycles. The maximum Gasteiger partial charge on any atom is 0.319 e. The van der Waals surface area contributed by atoms with Crippen LogP contribution in [0.15, 0.2) is 18.2 Å². The Morgan fingerprint density at radius 2 is 2.11 bits per heavy atom. The van der Waals surface area contributed by atoms with Gasteiger partial charge in [-0.25, -0.2) is 8.78 Å². The number of anilines is 1. The lowest BCUT2D eigenvalue weighted by Gasteiger charge is -2.16. The summed E-state index contributed by atoms with van der Waals surface area (Å²) in [6.45, 7) is 0.0939. The van der Waals surface area contributed by atoms with Crippen LogP contribution in [0, 0.1) is 0 Å². The Labute approximate surface area is 109 Å². The molecule has 1 aromatic rings. The molecule has 1 aromatic carbocycles. The monoisotopic (exact) mass is 276 g/mol. The Balaban J connectivity index is 1.91. The lowest BCUT2D eigenvalue weighted by molar-refractivity contribution is -0.125. The fourth-order valence-corrected chi connectivity index (χ4v) is 2.18. The molecule has 0 amide bonds. The van der Waals surface area contributed by atoms with Crippen molar-refractivity contribution >= 4 is 5.69 Å². The van der Waals surface area contributed by atoms with Crippen molar-refractivity contribution in [2.24, 2.45) is 0 Å². The van der Waals surface area contributed by atoms with E-state index in [-0.39, 0.29) is 6.54 Å². The van der Waals surface area contributed by atoms with Gasteiger partial charge in [-0.2, -0.15) is 8.78 Å². The number of hydrogen-bond acceptors (Lipinski definition) is 2. The highest BCUT2D eigenvalue weighted by molar-refractivity contribution is 5.58. The largest absolute Gasteiger partial charge is 0.374 e. The molecule has 0 radical (unpaired) electrons. The highest BCUT2D eigenvalue weighted by atomic mass is 19.3. The molecule has 1 aliphatic heterocycles. The lowest BCUT2D eigenvalue weighted by atomic mass is 10.1. The molecule has 0 aliphatic carbocycles. The number of nitrogens with zero attached hydrogens (tertiary/aromatic N) is 1. The van der Waals surface area contributed by atoms with Gasteiger partial charge >= 0.3 is 12.3 Å². The highest BCUT2D eigenvalue weighted by Gasteiger charge is 2.39. The number of halogens is 4. The molecular formula is C13H16F4N2. The first kappa shape index (κ1) is 14.1. The van der Waals surface area contributed by atoms with Gasteiger partial charge in [-0.15, -0.1) is 0 Å². The molecule has 0 saturated heterocycles. The van der Waals surface area contributed by atoms with Gasteiger partial charge in [0.15, 0.2) is 0 Å². The molecule has 0 fully saturated rings. The quantitative estimate of drug-likeness (QED) is 0.832. The Kier molecular flexibility index (Phi) is 3.99. The van der Waals surface area contributed by atoms with E-state index in [4.69, 9.17) is 0 Å². The van der Waals surface area contributed by atoms with E-state index in [0.29, 0.717) is 0 Å². The van der Waals surface area contributed by atoms with Crippen molar-refractivity contribution in [1.29, 1.82) is 0 Å². The first-order chi connectivity index (χ1) is 8.90. The minimum Gasteiger partial charge on any atom is -0.374 e. The van der Waals surface area contributed by atoms with E-state index in [9.17, 15) is 17.6 Å². The summed E-state index contributed by atoms with van der Waals surface area (Å²) < 4.78 is 49.3. The van der Waals surface area contributed by atoms with Crippen LogP contribution in [0.4, 0.5) is 23.2 Å². The molecule has 0 saturated carbocycles. The number of benzene rings is 1. The van der Waals surface area contributed by atoms with Gasteiger partial charge in [0, 0.05) is 25.8 Å². The molecular weight excluding hydrogens is 260 g/mol. The molecule has 106 valence electrons. The molecule has 1 aliphatic rings. The van der Waals surface area contributed by atoms with Crippen LogP contribution in [0.2, 0.25) is 0 Å². The number of alkyl halides is 4. The summed E-state index contributed by atoms with van der Waals surface area (Å²) in [5, 5.41) is 2.38. The normalized spacial score (nSPS) is 15.2. The van der Waals surface area contributed by atoms with Gasteiger partial charge in [0.1, 0.15) is 0 Å². The van der Waals surface area contributed by atoms with Crippen molar-refractivity contribution in [3.05, 3.63) is 29.3 Å². The maximum absolute atomic E-state index is 12.7. The van der Waals surface area contributed by atoms with Crippen molar-refractivity contribution in [2.75, 3.05) is 25.0 Å². The van der Waals surface area contributed by atoms with Crippen LogP contribution in [-0.4, -0.2) is 32.5 Å². The number of fused-ring (bicyclic) bond motifs is 1. The maximum atomic E-state index is 12.7. The van der Waals surface area contributed by atoms with Crippen molar-refractivity contribution in [3.8, 4) is 0 Å². The summed E-state index contributed by atoms with van der Waals surface area (Å²) in [4.78, 5) is 2.12. The Bertz CT molecular complexity index is 448. The van der Waals surface area contributed by atoms with Crippen LogP contribution in [0.1, 0.15) is 11.1 Å². The minimum absolute atomic E-state index is 0.166. The molecule has 1 N–H and O–H groups in total. The second-order valence-electron chi connectivity index (χ2n) is 4.80. The van der Waals surface area contributed by atoms with Crippen molar-refractivity contribution < 1.29 is 17.6 Å². The molecule has 0 atom stereocenters. The van der Waals surface area contributed by atoms with Gasteiger partial charge < -0.3 is 10.2 Å². The van der Waals surface area contributed by atoms with E-state index >= 15 is 0 Å². The zero-order valence-electron chi connectivity index (χ0n) is 10.6. The number of rotatable bonds is 5. The average molecular weight is 276 g/mol. The number of hydrogen-bond donors (Lipinski definition) is 1. The van der Waals surface area contributed by atoms with E-state index in [1.807, 2.05) is 25.2 Å². The van der Waals surface area contributed by atoms with E-state index in [2.05, 4.69) is 10.2 Å². The first-order valence-electron chi connectivity index (χ1n) is 6.10. The predicted octanol–water partition coefficient (Wildman–Crippen LogP) is 2.67. The second-order valence-corrected chi connectivity index (χ2v) is 4.80. The van der Waals surface area contributed by atoms with Gasteiger partial charge in [0.05, 0.1) is 6.54 Å². The van der Waals surface area contributed by atoms with Crippen LogP contribution in [0.5, 0.6) is 0 Å². The summed E-state index contributed by atoms with van der Waals surface area (Å²) in [5.74, 6) is -3.98. The number of nitrogens with one attached hydrogen (secondary N) is 1. The minimum atomic E-state index is -3.98. The summed E-state index contributed by atoms with van der Waals surface area (Å²) in [7, 11) is 1.99. The van der Waals surface area contributed by atoms with Crippen molar-refractivity contribution in [3.63, 3.8) is 0 Å². The third kappa shape index (κ3) is 3.18. The smallest absolute Gasteiger partial charge is 0.319 e. The summed E-state index contributed by atoms with van der Waals surface area (Å²) >= 11 is 0. The van der Waals surface area contributed by atoms with E-state index in [0.717, 1.165) is 24.2 Å². The number of likely N-dealkylation sites (N-methyl/N-ethyl adjacent to an activating group) is 1. The zero-order chi connectivity index (χ0) is 14.0. The van der Waals surface area contributed by atoms with E-state index in [1.165, 1.54) is 5.56 Å². The Morgan fingerprint density at radius 1 is 1.37 bits per heavy atom. The van der Waals surface area contributed by atoms with Crippen LogP contribution >= 0.6 is 0 Å². The topological polar surface area (TPSA) is 15.3 Å². The Morgan fingerprint density at radius 3 is 2.79 bits per heavy atom. The summed E-state index contributed by atoms with van der Waals surface area (Å²) in [6.07, 6.45) is -2.71. The predicted molar refractivity (Wildman–Crippen MR) is 66.1 cm³/mol. The van der Waals surface area contributed by atoms with E-state index < -0.39 is 18.9 Å². The lowest BCUT2D eigenvalue weighted by Crippen LogP contribution is -2.38. The first-order valence-corrected chi connectivity index (χ1v) is 6.10. The standard InChI is InChI=1S/C13H16F4N2/c1-19-5-4-10-6-9(2-3-11(10)19)7-18-8-13(16,17)12(14)15/h2-3,6,12,18H,4-5,7-8H2,1H3. The van der Waals surface area contributed by atoms with Gasteiger partial charge in [-0.1, -0.05) is 12.1 Å². The molecule has 2 nitrogen and oxygen atoms in total. The fraction of sp³-hybridized carbons (Fsp3) is 0.538. The van der Waals surface area contributed by atoms with Crippen LogP contribution in [-0.2, 0) is 13.0 Å². The third-order valence-corrected chi connectivity index (χ3v) is 3.28. The van der Waals surface area contributed by atoms with Gasteiger partial charge in [-0.3, -0.25) is 0 Å². The van der Waals surface area contributed by atoms with Crippen LogP contribution < -0.4 is 10.2 Å². The van der Waals surface area contributed by atoms with Gasteiger partial charge in [0.2, 0.25) is 0 Å². The SMILES string of the molecule is CN1CCc2cc(CNCC(F)(F)C(F)F)ccc21. The third-order valence-electron chi connectivity index (χ3n) is 3.28. The summed E-state index contributed by atoms with van der Waals surface area (Å²) in [6, 6.07) is 5.70. The Hall–Kier alpha value is -1.30. The molecule has 2 rings (SSSR count). The summed E-state index contributed by atoms with van der Waals surface area (Å²) in [5.41, 5.74) is 3.14. The van der Waals surface area contributed by atoms with Gasteiger partial charge in [0.25, 0.3) is 0 Å². The van der Waals surface area contributed by atoms with Crippen LogP contribution in [0.25, 0.3) is 0 Å². The highest BCUT2D eigenvalue weighted by Crippen LogP contribution is 2.27. The fourth-order valence-electron chi connectivity index (χ4n) is 2.18. The second kappa shape index (κ2) is 5.36.